The molecule has 0 bridgehead atoms. The number of hydrogen-bond acceptors (Lipinski definition) is 4. The lowest BCUT2D eigenvalue weighted by Crippen LogP contribution is -2.23. The van der Waals surface area contributed by atoms with Crippen LogP contribution >= 0.6 is 0 Å². The van der Waals surface area contributed by atoms with Crippen molar-refractivity contribution in [2.45, 2.75) is 17.9 Å². The minimum Gasteiger partial charge on any atom is -0.493 e. The molecule has 104 valence electrons. The molecule has 1 aliphatic rings. The first-order valence-corrected chi connectivity index (χ1v) is 7.79. The van der Waals surface area contributed by atoms with Crippen LogP contribution in [0.4, 0.5) is 0 Å². The molecular weight excluding hydrogens is 276 g/mol. The van der Waals surface area contributed by atoms with Crippen LogP contribution in [0.3, 0.4) is 0 Å². The number of ether oxygens (including phenoxy) is 1. The Labute approximate surface area is 117 Å². The van der Waals surface area contributed by atoms with Gasteiger partial charge in [-0.25, -0.2) is 13.1 Å². The van der Waals surface area contributed by atoms with E-state index in [-0.39, 0.29) is 11.4 Å². The van der Waals surface area contributed by atoms with Crippen LogP contribution in [0.1, 0.15) is 11.3 Å². The molecule has 0 unspecified atom stereocenters. The summed E-state index contributed by atoms with van der Waals surface area (Å²) in [7, 11) is -3.53. The smallest absolute Gasteiger partial charge is 0.240 e. The number of aromatic nitrogens is 1. The normalized spacial score (nSPS) is 13.8. The summed E-state index contributed by atoms with van der Waals surface area (Å²) in [5.41, 5.74) is 1.62. The molecule has 2 aromatic rings. The lowest BCUT2D eigenvalue weighted by Gasteiger charge is -2.07. The molecule has 1 aromatic heterocycles. The average Bonchev–Trinajstić information content (AvgIpc) is 2.94. The van der Waals surface area contributed by atoms with E-state index in [0.29, 0.717) is 12.3 Å². The van der Waals surface area contributed by atoms with Gasteiger partial charge in [-0.2, -0.15) is 0 Å². The van der Waals surface area contributed by atoms with E-state index in [0.717, 1.165) is 17.7 Å². The highest BCUT2D eigenvalue weighted by Gasteiger charge is 2.19. The predicted molar refractivity (Wildman–Crippen MR) is 73.9 cm³/mol. The zero-order valence-corrected chi connectivity index (χ0v) is 11.6. The summed E-state index contributed by atoms with van der Waals surface area (Å²) < 4.78 is 32.4. The molecule has 5 nitrogen and oxygen atoms in total. The van der Waals surface area contributed by atoms with Crippen LogP contribution in [-0.4, -0.2) is 20.0 Å². The van der Waals surface area contributed by atoms with E-state index in [1.807, 2.05) is 6.07 Å². The van der Waals surface area contributed by atoms with Crippen molar-refractivity contribution in [3.8, 4) is 5.75 Å². The second-order valence-electron chi connectivity index (χ2n) is 4.51. The topological polar surface area (TPSA) is 68.3 Å². The van der Waals surface area contributed by atoms with E-state index in [2.05, 4.69) is 9.71 Å². The number of benzene rings is 1. The molecule has 20 heavy (non-hydrogen) atoms. The maximum Gasteiger partial charge on any atom is 0.240 e. The highest BCUT2D eigenvalue weighted by Crippen LogP contribution is 2.27. The molecule has 1 aromatic carbocycles. The molecule has 0 radical (unpaired) electrons. The van der Waals surface area contributed by atoms with Gasteiger partial charge in [0, 0.05) is 12.6 Å². The molecule has 0 amide bonds. The van der Waals surface area contributed by atoms with Crippen LogP contribution in [-0.2, 0) is 23.0 Å². The number of sulfonamides is 1. The first-order valence-electron chi connectivity index (χ1n) is 6.30. The first-order chi connectivity index (χ1) is 9.65. The Morgan fingerprint density at radius 3 is 2.95 bits per heavy atom. The van der Waals surface area contributed by atoms with Crippen LogP contribution < -0.4 is 9.46 Å². The average molecular weight is 290 g/mol. The second-order valence-corrected chi connectivity index (χ2v) is 6.28. The Hall–Kier alpha value is -1.92. The summed E-state index contributed by atoms with van der Waals surface area (Å²) >= 11 is 0. The number of fused-ring (bicyclic) bond motifs is 1. The number of hydrogen-bond donors (Lipinski definition) is 1. The Morgan fingerprint density at radius 1 is 1.25 bits per heavy atom. The van der Waals surface area contributed by atoms with Gasteiger partial charge in [0.05, 0.1) is 23.7 Å². The van der Waals surface area contributed by atoms with Crippen LogP contribution in [0, 0.1) is 0 Å². The molecular formula is C14H14N2O3S. The molecule has 3 rings (SSSR count). The van der Waals surface area contributed by atoms with Crippen molar-refractivity contribution in [1.29, 1.82) is 0 Å². The Balaban J connectivity index is 1.78. The molecule has 0 saturated carbocycles. The van der Waals surface area contributed by atoms with Crippen molar-refractivity contribution in [3.63, 3.8) is 0 Å². The van der Waals surface area contributed by atoms with Crippen LogP contribution in [0.25, 0.3) is 0 Å². The van der Waals surface area contributed by atoms with E-state index in [1.165, 1.54) is 0 Å². The Morgan fingerprint density at radius 2 is 2.15 bits per heavy atom. The summed E-state index contributed by atoms with van der Waals surface area (Å²) in [5, 5.41) is 0. The zero-order valence-electron chi connectivity index (χ0n) is 10.7. The lowest BCUT2D eigenvalue weighted by molar-refractivity contribution is 0.356. The molecule has 6 heteroatoms. The largest absolute Gasteiger partial charge is 0.493 e. The van der Waals surface area contributed by atoms with Crippen LogP contribution in [0.15, 0.2) is 47.5 Å². The fourth-order valence-corrected chi connectivity index (χ4v) is 3.13. The van der Waals surface area contributed by atoms with Crippen molar-refractivity contribution in [3.05, 3.63) is 53.9 Å². The van der Waals surface area contributed by atoms with Crippen LogP contribution in [0.2, 0.25) is 0 Å². The Kier molecular flexibility index (Phi) is 3.42. The van der Waals surface area contributed by atoms with Gasteiger partial charge in [0.15, 0.2) is 0 Å². The Bertz CT molecular complexity index is 714. The van der Waals surface area contributed by atoms with E-state index in [4.69, 9.17) is 4.74 Å². The fraction of sp³-hybridized carbons (Fsp3) is 0.214. The third-order valence-corrected chi connectivity index (χ3v) is 4.54. The molecule has 0 spiro atoms. The highest BCUT2D eigenvalue weighted by atomic mass is 32.2. The van der Waals surface area contributed by atoms with E-state index in [1.54, 1.807) is 36.5 Å². The highest BCUT2D eigenvalue weighted by molar-refractivity contribution is 7.89. The fourth-order valence-electron chi connectivity index (χ4n) is 2.09. The third kappa shape index (κ3) is 2.66. The molecule has 0 fully saturated rings. The van der Waals surface area contributed by atoms with Gasteiger partial charge in [-0.05, 0) is 35.9 Å². The minimum atomic E-state index is -3.53. The number of rotatable bonds is 4. The summed E-state index contributed by atoms with van der Waals surface area (Å²) in [5.74, 6) is 0.772. The van der Waals surface area contributed by atoms with Crippen molar-refractivity contribution >= 4 is 10.0 Å². The molecule has 2 heterocycles. The number of pyridine rings is 1. The SMILES string of the molecule is O=S(=O)(NCc1ccccn1)c1ccc2c(c1)CCO2. The molecule has 1 aliphatic heterocycles. The third-order valence-electron chi connectivity index (χ3n) is 3.14. The number of nitrogens with zero attached hydrogens (tertiary/aromatic N) is 1. The van der Waals surface area contributed by atoms with Crippen LogP contribution in [0.5, 0.6) is 5.75 Å². The first kappa shape index (κ1) is 13.1. The number of nitrogens with one attached hydrogen (secondary N) is 1. The summed E-state index contributed by atoms with van der Waals surface area (Å²) in [4.78, 5) is 4.35. The zero-order chi connectivity index (χ0) is 14.0. The van der Waals surface area contributed by atoms with Gasteiger partial charge >= 0.3 is 0 Å². The van der Waals surface area contributed by atoms with Gasteiger partial charge < -0.3 is 4.74 Å². The van der Waals surface area contributed by atoms with Gasteiger partial charge in [-0.1, -0.05) is 6.07 Å². The quantitative estimate of drug-likeness (QED) is 0.926. The molecule has 0 aliphatic carbocycles. The van der Waals surface area contributed by atoms with Gasteiger partial charge in [0.25, 0.3) is 0 Å². The van der Waals surface area contributed by atoms with Gasteiger partial charge in [0.2, 0.25) is 10.0 Å². The van der Waals surface area contributed by atoms with Gasteiger partial charge in [0.1, 0.15) is 5.75 Å². The van der Waals surface area contributed by atoms with Crippen molar-refractivity contribution in [2.75, 3.05) is 6.61 Å². The van der Waals surface area contributed by atoms with Gasteiger partial charge in [-0.15, -0.1) is 0 Å². The summed E-state index contributed by atoms with van der Waals surface area (Å²) in [6.07, 6.45) is 2.38. The van der Waals surface area contributed by atoms with Gasteiger partial charge in [-0.3, -0.25) is 4.98 Å². The van der Waals surface area contributed by atoms with E-state index >= 15 is 0 Å². The summed E-state index contributed by atoms with van der Waals surface area (Å²) in [6, 6.07) is 10.3. The standard InChI is InChI=1S/C14H14N2O3S/c17-20(18,16-10-12-3-1-2-7-15-12)13-4-5-14-11(9-13)6-8-19-14/h1-5,7,9,16H,6,8,10H2. The van der Waals surface area contributed by atoms with E-state index in [9.17, 15) is 8.42 Å². The van der Waals surface area contributed by atoms with E-state index < -0.39 is 10.0 Å². The lowest BCUT2D eigenvalue weighted by atomic mass is 10.2. The maximum atomic E-state index is 12.2. The minimum absolute atomic E-state index is 0.177. The molecule has 0 atom stereocenters. The monoisotopic (exact) mass is 290 g/mol. The molecule has 0 saturated heterocycles. The van der Waals surface area contributed by atoms with Crippen molar-refractivity contribution < 1.29 is 13.2 Å². The van der Waals surface area contributed by atoms with Crippen molar-refractivity contribution in [1.82, 2.24) is 9.71 Å². The maximum absolute atomic E-state index is 12.2. The summed E-state index contributed by atoms with van der Waals surface area (Å²) in [6.45, 7) is 0.789. The molecule has 1 N–H and O–H groups in total. The predicted octanol–water partition coefficient (Wildman–Crippen LogP) is 1.50. The second kappa shape index (κ2) is 5.22. The van der Waals surface area contributed by atoms with Crippen molar-refractivity contribution in [2.24, 2.45) is 0 Å².